The number of hydrogen-bond donors (Lipinski definition) is 2. The Balaban J connectivity index is 1.55. The van der Waals surface area contributed by atoms with Crippen molar-refractivity contribution in [2.75, 3.05) is 17.7 Å². The zero-order chi connectivity index (χ0) is 19.8. The number of anilines is 2. The second kappa shape index (κ2) is 7.24. The van der Waals surface area contributed by atoms with Gasteiger partial charge in [-0.1, -0.05) is 12.1 Å². The monoisotopic (exact) mass is 377 g/mol. The fraction of sp³-hybridized carbons (Fsp3) is 0.381. The van der Waals surface area contributed by atoms with Crippen molar-refractivity contribution in [1.29, 1.82) is 0 Å². The van der Waals surface area contributed by atoms with Crippen LogP contribution < -0.4 is 16.4 Å². The van der Waals surface area contributed by atoms with Gasteiger partial charge in [-0.25, -0.2) is 9.67 Å². The smallest absolute Gasteiger partial charge is 0.222 e. The molecule has 4 N–H and O–H groups in total. The molecule has 1 aromatic carbocycles. The van der Waals surface area contributed by atoms with Crippen molar-refractivity contribution in [3.63, 3.8) is 0 Å². The van der Waals surface area contributed by atoms with Crippen LogP contribution in [0.4, 0.5) is 11.8 Å². The van der Waals surface area contributed by atoms with Crippen LogP contribution in [-0.2, 0) is 6.54 Å². The van der Waals surface area contributed by atoms with Crippen LogP contribution in [0.1, 0.15) is 41.4 Å². The van der Waals surface area contributed by atoms with Gasteiger partial charge in [-0.2, -0.15) is 10.1 Å². The minimum Gasteiger partial charge on any atom is -0.368 e. The largest absolute Gasteiger partial charge is 0.368 e. The van der Waals surface area contributed by atoms with E-state index in [4.69, 9.17) is 11.5 Å². The zero-order valence-corrected chi connectivity index (χ0v) is 16.6. The zero-order valence-electron chi connectivity index (χ0n) is 16.6. The highest BCUT2D eigenvalue weighted by Gasteiger charge is 2.29. The number of aromatic nitrogens is 4. The van der Waals surface area contributed by atoms with Crippen LogP contribution in [0.15, 0.2) is 36.4 Å². The Morgan fingerprint density at radius 1 is 1.14 bits per heavy atom. The maximum atomic E-state index is 5.97. The number of nitrogen functional groups attached to an aromatic ring is 1. The molecule has 0 amide bonds. The molecule has 1 aliphatic carbocycles. The van der Waals surface area contributed by atoms with Gasteiger partial charge in [0.1, 0.15) is 5.82 Å². The SMILES string of the molecule is Cc1cc(C)n(-c2cccc(CN(C)c3cc(C4CC(N)C4)nc(N)n3)c2)n1. The van der Waals surface area contributed by atoms with Gasteiger partial charge in [0.15, 0.2) is 0 Å². The van der Waals surface area contributed by atoms with E-state index in [0.29, 0.717) is 18.4 Å². The molecular formula is C21H27N7. The van der Waals surface area contributed by atoms with Gasteiger partial charge in [0.2, 0.25) is 5.95 Å². The van der Waals surface area contributed by atoms with Crippen LogP contribution in [-0.4, -0.2) is 32.8 Å². The van der Waals surface area contributed by atoms with Gasteiger partial charge in [0.05, 0.1) is 17.1 Å². The number of aryl methyl sites for hydroxylation is 2. The highest BCUT2D eigenvalue weighted by molar-refractivity contribution is 5.46. The van der Waals surface area contributed by atoms with Crippen molar-refractivity contribution in [3.05, 3.63) is 59.0 Å². The standard InChI is InChI=1S/C21H27N7/c1-13-7-14(2)28(26-13)18-6-4-5-15(8-18)12-27(3)20-11-19(24-21(23)25-20)16-9-17(22)10-16/h4-8,11,16-17H,9-10,12,22H2,1-3H3,(H2,23,24,25). The van der Waals surface area contributed by atoms with Gasteiger partial charge in [-0.15, -0.1) is 0 Å². The van der Waals surface area contributed by atoms with Crippen molar-refractivity contribution < 1.29 is 0 Å². The Bertz CT molecular complexity index is 988. The fourth-order valence-electron chi connectivity index (χ4n) is 3.81. The van der Waals surface area contributed by atoms with Crippen molar-refractivity contribution in [2.24, 2.45) is 5.73 Å². The molecule has 1 aliphatic rings. The van der Waals surface area contributed by atoms with Crippen molar-refractivity contribution >= 4 is 11.8 Å². The molecule has 0 radical (unpaired) electrons. The Morgan fingerprint density at radius 3 is 2.61 bits per heavy atom. The second-order valence-corrected chi connectivity index (χ2v) is 7.80. The van der Waals surface area contributed by atoms with Gasteiger partial charge in [-0.05, 0) is 50.5 Å². The third-order valence-electron chi connectivity index (χ3n) is 5.32. The molecule has 0 atom stereocenters. The number of nitrogens with zero attached hydrogens (tertiary/aromatic N) is 5. The van der Waals surface area contributed by atoms with Gasteiger partial charge in [0, 0.05) is 37.3 Å². The average Bonchev–Trinajstić information content (AvgIpc) is 2.97. The first-order valence-corrected chi connectivity index (χ1v) is 9.63. The lowest BCUT2D eigenvalue weighted by Crippen LogP contribution is -2.35. The third-order valence-corrected chi connectivity index (χ3v) is 5.32. The molecule has 0 unspecified atom stereocenters. The maximum Gasteiger partial charge on any atom is 0.222 e. The Morgan fingerprint density at radius 2 is 1.93 bits per heavy atom. The first-order chi connectivity index (χ1) is 13.4. The minimum absolute atomic E-state index is 0.277. The maximum absolute atomic E-state index is 5.97. The molecule has 2 aromatic heterocycles. The summed E-state index contributed by atoms with van der Waals surface area (Å²) >= 11 is 0. The summed E-state index contributed by atoms with van der Waals surface area (Å²) in [5.74, 6) is 1.54. The van der Waals surface area contributed by atoms with Gasteiger partial charge in [-0.3, -0.25) is 0 Å². The van der Waals surface area contributed by atoms with E-state index in [1.165, 1.54) is 5.56 Å². The van der Waals surface area contributed by atoms with E-state index in [2.05, 4.69) is 57.2 Å². The first-order valence-electron chi connectivity index (χ1n) is 9.63. The molecule has 0 spiro atoms. The van der Waals surface area contributed by atoms with E-state index in [-0.39, 0.29) is 6.04 Å². The predicted octanol–water partition coefficient (Wildman–Crippen LogP) is 2.70. The van der Waals surface area contributed by atoms with Crippen LogP contribution in [0.2, 0.25) is 0 Å². The van der Waals surface area contributed by atoms with E-state index in [0.717, 1.165) is 41.4 Å². The fourth-order valence-corrected chi connectivity index (χ4v) is 3.81. The van der Waals surface area contributed by atoms with Gasteiger partial charge in [0.25, 0.3) is 0 Å². The lowest BCUT2D eigenvalue weighted by Gasteiger charge is -2.32. The quantitative estimate of drug-likeness (QED) is 0.709. The molecule has 4 rings (SSSR count). The number of hydrogen-bond acceptors (Lipinski definition) is 6. The van der Waals surface area contributed by atoms with E-state index in [1.54, 1.807) is 0 Å². The van der Waals surface area contributed by atoms with Crippen molar-refractivity contribution in [2.45, 2.75) is 45.2 Å². The summed E-state index contributed by atoms with van der Waals surface area (Å²) in [6.07, 6.45) is 1.93. The van der Waals surface area contributed by atoms with E-state index < -0.39 is 0 Å². The second-order valence-electron chi connectivity index (χ2n) is 7.80. The molecule has 7 heteroatoms. The van der Waals surface area contributed by atoms with E-state index >= 15 is 0 Å². The van der Waals surface area contributed by atoms with E-state index in [9.17, 15) is 0 Å². The molecule has 1 saturated carbocycles. The molecule has 0 aliphatic heterocycles. The van der Waals surface area contributed by atoms with Crippen LogP contribution in [0, 0.1) is 13.8 Å². The molecule has 1 fully saturated rings. The summed E-state index contributed by atoms with van der Waals surface area (Å²) in [6.45, 7) is 4.79. The topological polar surface area (TPSA) is 98.9 Å². The number of rotatable bonds is 5. The average molecular weight is 377 g/mol. The lowest BCUT2D eigenvalue weighted by atomic mass is 9.78. The molecule has 146 valence electrons. The van der Waals surface area contributed by atoms with Crippen LogP contribution >= 0.6 is 0 Å². The van der Waals surface area contributed by atoms with Crippen LogP contribution in [0.3, 0.4) is 0 Å². The minimum atomic E-state index is 0.277. The normalized spacial score (nSPS) is 18.7. The summed E-state index contributed by atoms with van der Waals surface area (Å²) in [5.41, 5.74) is 17.3. The Hall–Kier alpha value is -2.93. The molecule has 7 nitrogen and oxygen atoms in total. The highest BCUT2D eigenvalue weighted by atomic mass is 15.3. The van der Waals surface area contributed by atoms with Crippen molar-refractivity contribution in [1.82, 2.24) is 19.7 Å². The summed E-state index contributed by atoms with van der Waals surface area (Å²) in [7, 11) is 2.02. The Kier molecular flexibility index (Phi) is 4.77. The van der Waals surface area contributed by atoms with Crippen LogP contribution in [0.25, 0.3) is 5.69 Å². The lowest BCUT2D eigenvalue weighted by molar-refractivity contribution is 0.345. The molecular weight excluding hydrogens is 350 g/mol. The first kappa shape index (κ1) is 18.4. The molecule has 0 bridgehead atoms. The molecule has 2 heterocycles. The van der Waals surface area contributed by atoms with E-state index in [1.807, 2.05) is 24.7 Å². The molecule has 28 heavy (non-hydrogen) atoms. The molecule has 0 saturated heterocycles. The predicted molar refractivity (Wildman–Crippen MR) is 112 cm³/mol. The summed E-state index contributed by atoms with van der Waals surface area (Å²) in [6, 6.07) is 12.8. The van der Waals surface area contributed by atoms with Crippen LogP contribution in [0.5, 0.6) is 0 Å². The summed E-state index contributed by atoms with van der Waals surface area (Å²) in [4.78, 5) is 10.9. The third kappa shape index (κ3) is 3.71. The number of nitrogens with two attached hydrogens (primary N) is 2. The highest BCUT2D eigenvalue weighted by Crippen LogP contribution is 2.35. The van der Waals surface area contributed by atoms with Gasteiger partial charge >= 0.3 is 0 Å². The Labute approximate surface area is 165 Å². The van der Waals surface area contributed by atoms with Crippen molar-refractivity contribution in [3.8, 4) is 5.69 Å². The summed E-state index contributed by atoms with van der Waals surface area (Å²) < 4.78 is 1.97. The number of benzene rings is 1. The summed E-state index contributed by atoms with van der Waals surface area (Å²) in [5, 5.41) is 4.58. The molecule has 3 aromatic rings. The van der Waals surface area contributed by atoms with Gasteiger partial charge < -0.3 is 16.4 Å².